The number of carbonyl (C=O) groups excluding carboxylic acids is 2. The van der Waals surface area contributed by atoms with E-state index in [0.717, 1.165) is 11.3 Å². The van der Waals surface area contributed by atoms with Crippen LogP contribution in [0.1, 0.15) is 21.6 Å². The average molecular weight is 416 g/mol. The fourth-order valence-electron chi connectivity index (χ4n) is 3.69. The average Bonchev–Trinajstić information content (AvgIpc) is 2.84. The van der Waals surface area contributed by atoms with Crippen LogP contribution in [0.5, 0.6) is 0 Å². The minimum Gasteiger partial charge on any atom is -0.361 e. The van der Waals surface area contributed by atoms with Crippen LogP contribution in [0, 0.1) is 0 Å². The summed E-state index contributed by atoms with van der Waals surface area (Å²) in [5.41, 5.74) is 0.982. The highest BCUT2D eigenvalue weighted by molar-refractivity contribution is 5.95. The summed E-state index contributed by atoms with van der Waals surface area (Å²) in [5, 5.41) is 2.99. The molecule has 31 heavy (non-hydrogen) atoms. The summed E-state index contributed by atoms with van der Waals surface area (Å²) in [5.74, 6) is -0.427. The van der Waals surface area contributed by atoms with Gasteiger partial charge in [0.25, 0.3) is 11.8 Å². The highest BCUT2D eigenvalue weighted by atomic mass is 16.5. The summed E-state index contributed by atoms with van der Waals surface area (Å²) in [4.78, 5) is 36.5. The molecule has 1 N–H and O–H groups in total. The number of ether oxygens (including phenoxy) is 1. The number of nitrogens with zero attached hydrogens (tertiary/aromatic N) is 3. The second kappa shape index (κ2) is 9.49. The predicted molar refractivity (Wildman–Crippen MR) is 115 cm³/mol. The summed E-state index contributed by atoms with van der Waals surface area (Å²) in [7, 11) is 0. The lowest BCUT2D eigenvalue weighted by Crippen LogP contribution is -2.62. The van der Waals surface area contributed by atoms with Crippen LogP contribution in [0.25, 0.3) is 0 Å². The highest BCUT2D eigenvalue weighted by Crippen LogP contribution is 2.24. The third-order valence-electron chi connectivity index (χ3n) is 5.28. The lowest BCUT2D eigenvalue weighted by Gasteiger charge is -2.41. The van der Waals surface area contributed by atoms with Crippen molar-refractivity contribution in [3.8, 4) is 0 Å². The second-order valence-corrected chi connectivity index (χ2v) is 7.48. The summed E-state index contributed by atoms with van der Waals surface area (Å²) in [6.45, 7) is 1.18. The molecule has 1 saturated heterocycles. The molecule has 0 bridgehead atoms. The second-order valence-electron chi connectivity index (χ2n) is 7.48. The van der Waals surface area contributed by atoms with E-state index in [-0.39, 0.29) is 31.4 Å². The predicted octanol–water partition coefficient (Wildman–Crippen LogP) is 2.25. The van der Waals surface area contributed by atoms with Gasteiger partial charge in [-0.2, -0.15) is 0 Å². The largest absolute Gasteiger partial charge is 0.361 e. The van der Waals surface area contributed by atoms with Crippen LogP contribution in [0.15, 0.2) is 79.3 Å². The number of benzene rings is 1. The lowest BCUT2D eigenvalue weighted by atomic mass is 9.93. The molecule has 4 rings (SSSR count). The first-order chi connectivity index (χ1) is 15.2. The molecule has 3 heterocycles. The third kappa shape index (κ3) is 4.95. The van der Waals surface area contributed by atoms with Crippen LogP contribution in [0.2, 0.25) is 0 Å². The van der Waals surface area contributed by atoms with Gasteiger partial charge < -0.3 is 15.0 Å². The van der Waals surface area contributed by atoms with Crippen molar-refractivity contribution in [2.75, 3.05) is 19.7 Å². The van der Waals surface area contributed by atoms with Gasteiger partial charge in [-0.25, -0.2) is 0 Å². The molecule has 2 amide bonds. The summed E-state index contributed by atoms with van der Waals surface area (Å²) < 4.78 is 6.07. The molecule has 0 radical (unpaired) electrons. The van der Waals surface area contributed by atoms with Gasteiger partial charge in [-0.15, -0.1) is 0 Å². The van der Waals surface area contributed by atoms with Crippen LogP contribution in [-0.2, 0) is 22.5 Å². The number of nitrogens with one attached hydrogen (secondary N) is 1. The number of pyridine rings is 2. The van der Waals surface area contributed by atoms with Crippen molar-refractivity contribution in [2.45, 2.75) is 18.6 Å². The molecule has 0 spiro atoms. The Morgan fingerprint density at radius 3 is 2.61 bits per heavy atom. The van der Waals surface area contributed by atoms with Crippen molar-refractivity contribution < 1.29 is 14.3 Å². The van der Waals surface area contributed by atoms with Crippen molar-refractivity contribution in [3.63, 3.8) is 0 Å². The van der Waals surface area contributed by atoms with E-state index in [1.165, 1.54) is 6.20 Å². The Bertz CT molecular complexity index is 1010. The minimum atomic E-state index is -1.22. The van der Waals surface area contributed by atoms with E-state index in [1.54, 1.807) is 29.4 Å². The van der Waals surface area contributed by atoms with Crippen LogP contribution < -0.4 is 5.32 Å². The highest BCUT2D eigenvalue weighted by Gasteiger charge is 2.45. The number of hydrogen-bond donors (Lipinski definition) is 1. The molecule has 158 valence electrons. The Labute approximate surface area is 181 Å². The van der Waals surface area contributed by atoms with E-state index in [4.69, 9.17) is 4.74 Å². The summed E-state index contributed by atoms with van der Waals surface area (Å²) in [6.07, 6.45) is 5.11. The summed E-state index contributed by atoms with van der Waals surface area (Å²) in [6, 6.07) is 18.7. The Kier molecular flexibility index (Phi) is 6.33. The van der Waals surface area contributed by atoms with Crippen molar-refractivity contribution in [3.05, 3.63) is 96.1 Å². The molecule has 7 heteroatoms. The zero-order valence-corrected chi connectivity index (χ0v) is 17.1. The Morgan fingerprint density at radius 1 is 1.03 bits per heavy atom. The van der Waals surface area contributed by atoms with E-state index in [0.29, 0.717) is 18.7 Å². The first-order valence-electron chi connectivity index (χ1n) is 10.2. The standard InChI is InChI=1S/C24H24N4O3/c29-22(20-9-6-11-25-17-20)28-13-14-31-24(18-28,15-21-10-4-5-12-26-21)23(30)27-16-19-7-2-1-3-8-19/h1-12,17H,13-16,18H2,(H,27,30)/t24-/m1/s1. The molecule has 1 fully saturated rings. The van der Waals surface area contributed by atoms with Gasteiger partial charge in [0.2, 0.25) is 0 Å². The van der Waals surface area contributed by atoms with Gasteiger partial charge in [-0.3, -0.25) is 19.6 Å². The van der Waals surface area contributed by atoms with Gasteiger partial charge in [0.15, 0.2) is 5.60 Å². The van der Waals surface area contributed by atoms with E-state index < -0.39 is 5.60 Å². The molecular weight excluding hydrogens is 392 g/mol. The molecular formula is C24H24N4O3. The fraction of sp³-hybridized carbons (Fsp3) is 0.250. The first-order valence-corrected chi connectivity index (χ1v) is 10.2. The van der Waals surface area contributed by atoms with Gasteiger partial charge in [0, 0.05) is 43.8 Å². The maximum atomic E-state index is 13.4. The molecule has 1 aromatic carbocycles. The number of carbonyl (C=O) groups is 2. The minimum absolute atomic E-state index is 0.137. The molecule has 3 aromatic rings. The molecule has 1 aliphatic heterocycles. The van der Waals surface area contributed by atoms with Gasteiger partial charge in [0.1, 0.15) is 0 Å². The zero-order chi connectivity index (χ0) is 21.5. The molecule has 1 atom stereocenters. The fourth-order valence-corrected chi connectivity index (χ4v) is 3.69. The van der Waals surface area contributed by atoms with Crippen LogP contribution >= 0.6 is 0 Å². The van der Waals surface area contributed by atoms with Gasteiger partial charge in [-0.05, 0) is 29.8 Å². The van der Waals surface area contributed by atoms with E-state index in [1.807, 2.05) is 48.5 Å². The van der Waals surface area contributed by atoms with E-state index >= 15 is 0 Å². The van der Waals surface area contributed by atoms with Gasteiger partial charge in [-0.1, -0.05) is 36.4 Å². The quantitative estimate of drug-likeness (QED) is 0.666. The molecule has 7 nitrogen and oxygen atoms in total. The number of rotatable bonds is 6. The third-order valence-corrected chi connectivity index (χ3v) is 5.28. The zero-order valence-electron chi connectivity index (χ0n) is 17.1. The Balaban J connectivity index is 1.57. The SMILES string of the molecule is O=C(c1cccnc1)N1CCO[C@@](Cc2ccccn2)(C(=O)NCc2ccccc2)C1. The molecule has 2 aromatic heterocycles. The van der Waals surface area contributed by atoms with Crippen molar-refractivity contribution in [1.82, 2.24) is 20.2 Å². The normalized spacial score (nSPS) is 18.4. The molecule has 0 aliphatic carbocycles. The Hall–Kier alpha value is -3.58. The van der Waals surface area contributed by atoms with Crippen molar-refractivity contribution >= 4 is 11.8 Å². The number of hydrogen-bond acceptors (Lipinski definition) is 5. The van der Waals surface area contributed by atoms with Crippen molar-refractivity contribution in [1.29, 1.82) is 0 Å². The number of morpholine rings is 1. The van der Waals surface area contributed by atoms with Crippen LogP contribution in [0.4, 0.5) is 0 Å². The maximum Gasteiger partial charge on any atom is 0.255 e. The molecule has 0 unspecified atom stereocenters. The maximum absolute atomic E-state index is 13.4. The Morgan fingerprint density at radius 2 is 1.87 bits per heavy atom. The van der Waals surface area contributed by atoms with Gasteiger partial charge in [0.05, 0.1) is 18.7 Å². The van der Waals surface area contributed by atoms with Crippen molar-refractivity contribution in [2.24, 2.45) is 0 Å². The topological polar surface area (TPSA) is 84.4 Å². The molecule has 1 aliphatic rings. The van der Waals surface area contributed by atoms with Crippen LogP contribution in [-0.4, -0.2) is 52.0 Å². The van der Waals surface area contributed by atoms with Gasteiger partial charge >= 0.3 is 0 Å². The van der Waals surface area contributed by atoms with Crippen LogP contribution in [0.3, 0.4) is 0 Å². The summed E-state index contributed by atoms with van der Waals surface area (Å²) >= 11 is 0. The first kappa shape index (κ1) is 20.7. The van der Waals surface area contributed by atoms with E-state index in [2.05, 4.69) is 15.3 Å². The number of amides is 2. The lowest BCUT2D eigenvalue weighted by molar-refractivity contribution is -0.157. The van der Waals surface area contributed by atoms with E-state index in [9.17, 15) is 9.59 Å². The monoisotopic (exact) mass is 416 g/mol. The smallest absolute Gasteiger partial charge is 0.255 e. The number of aromatic nitrogens is 2. The molecule has 0 saturated carbocycles.